The molecule has 1 saturated heterocycles. The van der Waals surface area contributed by atoms with Crippen molar-refractivity contribution < 1.29 is 36.7 Å². The molecule has 3 saturated carbocycles. The van der Waals surface area contributed by atoms with Gasteiger partial charge in [-0.2, -0.15) is 0 Å². The Kier molecular flexibility index (Phi) is 20.0. The standard InChI is InChI=1S/2C22H19FN4OS.C15H13ClN4OS.C13H18BFO2/c2*1-13-6-7-14(10-17(13)23)20-21(25-9-8-24-20)28-16-11-15(12-16)26-22-27-18-4-2-3-5-19(18)29-22;16-13-14(18-6-5-17-13)21-10-7-9(8-10)19-15-20-11-3-1-2-4-12(11)22-15;1-9-6-7-10(8-11(9)15)14-16-12(2,3)13(4,5)17-14/h2*2-10,15-16H,11-12H2,1H3,(H,26,27);1-6,9-10H,7-8H2,(H,19,20);6-8H,1-5H3. The summed E-state index contributed by atoms with van der Waals surface area (Å²) < 4.78 is 74.6. The quantitative estimate of drug-likeness (QED) is 0.0818. The number of ether oxygens (including phenoxy) is 3. The molecule has 25 heteroatoms. The van der Waals surface area contributed by atoms with Crippen LogP contribution in [0.1, 0.15) is 82.9 Å². The predicted molar refractivity (Wildman–Crippen MR) is 380 cm³/mol. The van der Waals surface area contributed by atoms with Gasteiger partial charge < -0.3 is 39.5 Å². The summed E-state index contributed by atoms with van der Waals surface area (Å²) in [6.07, 6.45) is 15.0. The van der Waals surface area contributed by atoms with Crippen molar-refractivity contribution in [1.82, 2.24) is 44.9 Å². The number of rotatable bonds is 15. The van der Waals surface area contributed by atoms with Gasteiger partial charge >= 0.3 is 7.12 Å². The Bertz CT molecular complexity index is 4440. The van der Waals surface area contributed by atoms with Crippen molar-refractivity contribution in [2.24, 2.45) is 0 Å². The Morgan fingerprint density at radius 1 is 0.443 bits per heavy atom. The molecular weight excluding hydrogens is 1310 g/mol. The van der Waals surface area contributed by atoms with Crippen molar-refractivity contribution in [3.05, 3.63) is 204 Å². The number of fused-ring (bicyclic) bond motifs is 3. The minimum absolute atomic E-state index is 0.0487. The number of para-hydroxylation sites is 3. The molecule has 16 rings (SSSR count). The second kappa shape index (κ2) is 29.0. The number of aryl methyl sites for hydroxylation is 3. The van der Waals surface area contributed by atoms with Gasteiger partial charge in [0.2, 0.25) is 11.8 Å². The third kappa shape index (κ3) is 15.9. The maximum atomic E-state index is 14.0. The van der Waals surface area contributed by atoms with Gasteiger partial charge in [-0.1, -0.05) is 118 Å². The molecule has 3 N–H and O–H groups in total. The third-order valence-corrected chi connectivity index (χ3v) is 20.7. The summed E-state index contributed by atoms with van der Waals surface area (Å²) in [5.41, 5.74) is 7.31. The SMILES string of the molecule is Cc1ccc(-c2nccnc2OC2CC(Nc3nc4ccccc4s3)C2)cc1F.Cc1ccc(-c2nccnc2OC2CC(Nc3nc4ccccc4s3)C2)cc1F.Cc1ccc(B2OC(C)(C)C(C)(C)O2)cc1F.Clc1nccnc1OC1CC(Nc2nc3ccccc3s2)C1. The Morgan fingerprint density at radius 2 is 0.784 bits per heavy atom. The molecule has 496 valence electrons. The molecule has 0 spiro atoms. The molecule has 6 aromatic heterocycles. The first kappa shape index (κ1) is 66.7. The molecule has 4 fully saturated rings. The normalized spacial score (nSPS) is 19.5. The highest BCUT2D eigenvalue weighted by Gasteiger charge is 2.52. The highest BCUT2D eigenvalue weighted by Crippen LogP contribution is 2.40. The molecule has 3 aliphatic carbocycles. The monoisotopic (exact) mass is 1380 g/mol. The van der Waals surface area contributed by atoms with Crippen LogP contribution in [0.15, 0.2) is 165 Å². The van der Waals surface area contributed by atoms with Crippen LogP contribution in [-0.4, -0.2) is 99.6 Å². The first-order valence-corrected chi connectivity index (χ1v) is 34.7. The van der Waals surface area contributed by atoms with E-state index >= 15 is 0 Å². The number of hydrogen-bond donors (Lipinski definition) is 3. The van der Waals surface area contributed by atoms with Gasteiger partial charge in [0.25, 0.3) is 5.88 Å². The van der Waals surface area contributed by atoms with E-state index in [0.29, 0.717) is 80.1 Å². The molecule has 6 aromatic carbocycles. The van der Waals surface area contributed by atoms with Crippen molar-refractivity contribution >= 4 is 104 Å². The maximum Gasteiger partial charge on any atom is 0.494 e. The van der Waals surface area contributed by atoms with Gasteiger partial charge in [-0.25, -0.2) is 58.0 Å². The molecule has 0 bridgehead atoms. The largest absolute Gasteiger partial charge is 0.494 e. The number of thiazole rings is 3. The Balaban J connectivity index is 0.000000119. The van der Waals surface area contributed by atoms with Crippen molar-refractivity contribution in [2.75, 3.05) is 16.0 Å². The van der Waals surface area contributed by atoms with E-state index in [-0.39, 0.29) is 47.0 Å². The number of benzene rings is 6. The summed E-state index contributed by atoms with van der Waals surface area (Å²) in [5.74, 6) is 0.550. The molecule has 4 aliphatic rings. The topological polar surface area (TPSA) is 198 Å². The lowest BCUT2D eigenvalue weighted by atomic mass is 9.79. The second-order valence-electron chi connectivity index (χ2n) is 25.2. The summed E-state index contributed by atoms with van der Waals surface area (Å²) in [6.45, 7) is 13.1. The van der Waals surface area contributed by atoms with Gasteiger partial charge in [0.15, 0.2) is 20.5 Å². The Hall–Kier alpha value is -8.91. The highest BCUT2D eigenvalue weighted by molar-refractivity contribution is 7.22. The van der Waals surface area contributed by atoms with Crippen molar-refractivity contribution in [1.29, 1.82) is 0 Å². The van der Waals surface area contributed by atoms with Crippen LogP contribution in [0.5, 0.6) is 17.6 Å². The highest BCUT2D eigenvalue weighted by atomic mass is 35.5. The molecule has 0 unspecified atom stereocenters. The van der Waals surface area contributed by atoms with E-state index in [1.165, 1.54) is 32.3 Å². The van der Waals surface area contributed by atoms with Crippen LogP contribution in [0.3, 0.4) is 0 Å². The fourth-order valence-corrected chi connectivity index (χ4v) is 13.9. The summed E-state index contributed by atoms with van der Waals surface area (Å²) in [6, 6.07) is 40.6. The average Bonchev–Trinajstić information content (AvgIpc) is 1.71. The number of halogens is 4. The van der Waals surface area contributed by atoms with Gasteiger partial charge in [0.1, 0.15) is 47.2 Å². The molecular formula is C72H69BClF3N12O5S3. The Labute approximate surface area is 576 Å². The number of nitrogens with zero attached hydrogens (tertiary/aromatic N) is 9. The van der Waals surface area contributed by atoms with E-state index in [9.17, 15) is 13.2 Å². The van der Waals surface area contributed by atoms with Crippen molar-refractivity contribution in [3.63, 3.8) is 0 Å². The minimum atomic E-state index is -0.491. The number of hydrogen-bond acceptors (Lipinski definition) is 20. The van der Waals surface area contributed by atoms with Gasteiger partial charge in [0.05, 0.1) is 41.9 Å². The third-order valence-electron chi connectivity index (χ3n) is 17.5. The lowest BCUT2D eigenvalue weighted by Crippen LogP contribution is -2.42. The lowest BCUT2D eigenvalue weighted by Gasteiger charge is -2.35. The van der Waals surface area contributed by atoms with E-state index < -0.39 is 7.12 Å². The lowest BCUT2D eigenvalue weighted by molar-refractivity contribution is 0.00578. The van der Waals surface area contributed by atoms with E-state index in [0.717, 1.165) is 75.9 Å². The molecule has 0 radical (unpaired) electrons. The average molecular weight is 1380 g/mol. The number of nitrogens with one attached hydrogen (secondary N) is 3. The van der Waals surface area contributed by atoms with Gasteiger partial charge in [-0.15, -0.1) is 0 Å². The van der Waals surface area contributed by atoms with Crippen LogP contribution in [0.2, 0.25) is 5.15 Å². The van der Waals surface area contributed by atoms with E-state index in [2.05, 4.69) is 79.0 Å². The first-order chi connectivity index (χ1) is 46.8. The molecule has 12 aromatic rings. The molecule has 1 aliphatic heterocycles. The molecule has 0 atom stereocenters. The summed E-state index contributed by atoms with van der Waals surface area (Å²) in [5, 5.41) is 13.6. The number of aromatic nitrogens is 9. The van der Waals surface area contributed by atoms with Gasteiger partial charge in [-0.3, -0.25) is 0 Å². The summed E-state index contributed by atoms with van der Waals surface area (Å²) in [7, 11) is -0.491. The molecule has 7 heterocycles. The minimum Gasteiger partial charge on any atom is -0.473 e. The second-order valence-corrected chi connectivity index (χ2v) is 28.7. The predicted octanol–water partition coefficient (Wildman–Crippen LogP) is 16.6. The summed E-state index contributed by atoms with van der Waals surface area (Å²) in [4.78, 5) is 39.3. The van der Waals surface area contributed by atoms with Crippen LogP contribution < -0.4 is 35.6 Å². The Morgan fingerprint density at radius 3 is 1.15 bits per heavy atom. The molecule has 97 heavy (non-hydrogen) atoms. The zero-order valence-electron chi connectivity index (χ0n) is 54.2. The van der Waals surface area contributed by atoms with Gasteiger partial charge in [-0.05, 0) is 125 Å². The summed E-state index contributed by atoms with van der Waals surface area (Å²) >= 11 is 10.9. The van der Waals surface area contributed by atoms with Crippen molar-refractivity contribution in [2.45, 2.75) is 135 Å². The van der Waals surface area contributed by atoms with Crippen LogP contribution in [0.25, 0.3) is 53.2 Å². The van der Waals surface area contributed by atoms with Crippen LogP contribution >= 0.6 is 45.6 Å². The zero-order valence-corrected chi connectivity index (χ0v) is 57.4. The smallest absolute Gasteiger partial charge is 0.473 e. The maximum absolute atomic E-state index is 14.0. The van der Waals surface area contributed by atoms with Crippen LogP contribution in [0, 0.1) is 38.2 Å². The zero-order chi connectivity index (χ0) is 67.4. The van der Waals surface area contributed by atoms with E-state index in [4.69, 9.17) is 35.1 Å². The van der Waals surface area contributed by atoms with E-state index in [1.807, 2.05) is 100 Å². The molecule has 0 amide bonds. The van der Waals surface area contributed by atoms with Crippen molar-refractivity contribution in [3.8, 4) is 40.2 Å². The fraction of sp³-hybridized carbons (Fsp3) is 0.292. The first-order valence-electron chi connectivity index (χ1n) is 31.9. The molecule has 17 nitrogen and oxygen atoms in total. The van der Waals surface area contributed by atoms with Gasteiger partial charge in [0, 0.05) is 105 Å². The van der Waals surface area contributed by atoms with Crippen LogP contribution in [0.4, 0.5) is 28.6 Å². The van der Waals surface area contributed by atoms with E-state index in [1.54, 1.807) is 110 Å². The fourth-order valence-electron chi connectivity index (χ4n) is 11.0. The van der Waals surface area contributed by atoms with Crippen LogP contribution in [-0.2, 0) is 9.31 Å². The number of anilines is 3.